The lowest BCUT2D eigenvalue weighted by Crippen LogP contribution is -2.51. The molecule has 0 N–H and O–H groups in total. The van der Waals surface area contributed by atoms with E-state index < -0.39 is 5.66 Å². The molecule has 0 radical (unpaired) electrons. The molecule has 1 fully saturated rings. The normalized spacial score (nSPS) is 18.4. The van der Waals surface area contributed by atoms with Crippen molar-refractivity contribution in [2.24, 2.45) is 0 Å². The number of carbonyl (C=O) groups is 2. The predicted octanol–water partition coefficient (Wildman–Crippen LogP) is 6.06. The van der Waals surface area contributed by atoms with E-state index >= 15 is 0 Å². The molecule has 1 saturated heterocycles. The van der Waals surface area contributed by atoms with E-state index in [1.165, 1.54) is 0 Å². The Morgan fingerprint density at radius 3 is 2.00 bits per heavy atom. The molecule has 0 aromatic heterocycles. The van der Waals surface area contributed by atoms with Crippen molar-refractivity contribution in [3.05, 3.63) is 142 Å². The SMILES string of the molecule is O=C(CC(c1ccccc1)c1ccccc1)N1CCN2C(=O)c3ccccc3C12c1ccc(Cl)cc1. The summed E-state index contributed by atoms with van der Waals surface area (Å²) in [5, 5.41) is 0.614. The zero-order valence-corrected chi connectivity index (χ0v) is 20.4. The highest BCUT2D eigenvalue weighted by Gasteiger charge is 2.59. The molecule has 5 heteroatoms. The number of carbonyl (C=O) groups excluding carboxylic acids is 2. The van der Waals surface area contributed by atoms with Gasteiger partial charge in [-0.2, -0.15) is 0 Å². The number of nitrogens with zero attached hydrogens (tertiary/aromatic N) is 2. The van der Waals surface area contributed by atoms with Gasteiger partial charge in [-0.25, -0.2) is 0 Å². The van der Waals surface area contributed by atoms with E-state index in [-0.39, 0.29) is 17.7 Å². The molecule has 0 bridgehead atoms. The number of benzene rings is 4. The number of amides is 2. The third-order valence-corrected chi connectivity index (χ3v) is 7.69. The number of hydrogen-bond donors (Lipinski definition) is 0. The Morgan fingerprint density at radius 1 is 0.778 bits per heavy atom. The van der Waals surface area contributed by atoms with Gasteiger partial charge in [0.1, 0.15) is 0 Å². The van der Waals surface area contributed by atoms with Crippen LogP contribution in [0, 0.1) is 0 Å². The van der Waals surface area contributed by atoms with Gasteiger partial charge in [0, 0.05) is 47.1 Å². The Bertz CT molecular complexity index is 1380. The Morgan fingerprint density at radius 2 is 1.36 bits per heavy atom. The summed E-state index contributed by atoms with van der Waals surface area (Å²) in [6.45, 7) is 0.945. The van der Waals surface area contributed by atoms with Crippen LogP contribution in [0.3, 0.4) is 0 Å². The first-order valence-corrected chi connectivity index (χ1v) is 12.6. The van der Waals surface area contributed by atoms with Crippen molar-refractivity contribution in [1.29, 1.82) is 0 Å². The van der Waals surface area contributed by atoms with Crippen molar-refractivity contribution < 1.29 is 9.59 Å². The molecule has 4 nitrogen and oxygen atoms in total. The van der Waals surface area contributed by atoms with Gasteiger partial charge >= 0.3 is 0 Å². The lowest BCUT2D eigenvalue weighted by atomic mass is 9.86. The lowest BCUT2D eigenvalue weighted by Gasteiger charge is -2.41. The van der Waals surface area contributed by atoms with Gasteiger partial charge in [0.25, 0.3) is 5.91 Å². The fourth-order valence-electron chi connectivity index (χ4n) is 5.87. The van der Waals surface area contributed by atoms with E-state index in [2.05, 4.69) is 24.3 Å². The fourth-order valence-corrected chi connectivity index (χ4v) is 5.99. The van der Waals surface area contributed by atoms with Crippen LogP contribution >= 0.6 is 11.6 Å². The first-order valence-electron chi connectivity index (χ1n) is 12.2. The Labute approximate surface area is 215 Å². The summed E-state index contributed by atoms with van der Waals surface area (Å²) in [5.74, 6) is -0.128. The van der Waals surface area contributed by atoms with Crippen LogP contribution in [0.4, 0.5) is 0 Å². The average molecular weight is 493 g/mol. The van der Waals surface area contributed by atoms with Crippen LogP contribution in [0.2, 0.25) is 5.02 Å². The molecule has 4 aromatic rings. The molecule has 1 atom stereocenters. The lowest BCUT2D eigenvalue weighted by molar-refractivity contribution is -0.136. The molecule has 178 valence electrons. The number of halogens is 1. The highest BCUT2D eigenvalue weighted by atomic mass is 35.5. The summed E-state index contributed by atoms with van der Waals surface area (Å²) in [5.41, 5.74) is 3.57. The van der Waals surface area contributed by atoms with E-state index in [1.807, 2.05) is 94.7 Å². The van der Waals surface area contributed by atoms with Crippen LogP contribution in [-0.4, -0.2) is 34.7 Å². The van der Waals surface area contributed by atoms with E-state index in [0.717, 1.165) is 22.3 Å². The zero-order valence-electron chi connectivity index (χ0n) is 19.7. The molecule has 36 heavy (non-hydrogen) atoms. The van der Waals surface area contributed by atoms with Gasteiger partial charge in [-0.05, 0) is 29.3 Å². The van der Waals surface area contributed by atoms with Crippen LogP contribution in [0.25, 0.3) is 0 Å². The second-order valence-electron chi connectivity index (χ2n) is 9.30. The van der Waals surface area contributed by atoms with E-state index in [4.69, 9.17) is 11.6 Å². The first kappa shape index (κ1) is 22.6. The van der Waals surface area contributed by atoms with E-state index in [0.29, 0.717) is 30.1 Å². The van der Waals surface area contributed by atoms with Crippen molar-refractivity contribution in [2.45, 2.75) is 18.0 Å². The van der Waals surface area contributed by atoms with Gasteiger partial charge in [-0.15, -0.1) is 0 Å². The van der Waals surface area contributed by atoms with E-state index in [9.17, 15) is 9.59 Å². The first-order chi connectivity index (χ1) is 17.6. The van der Waals surface area contributed by atoms with Gasteiger partial charge in [-0.1, -0.05) is 103 Å². The maximum absolute atomic E-state index is 14.3. The predicted molar refractivity (Wildman–Crippen MR) is 141 cm³/mol. The Balaban J connectivity index is 1.46. The molecule has 0 saturated carbocycles. The standard InChI is InChI=1S/C31H25ClN2O2/c32-25-17-15-24(16-18-25)31-28-14-8-7-13-26(28)30(36)34(31)20-19-33(31)29(35)21-27(22-9-3-1-4-10-22)23-11-5-2-6-12-23/h1-18,27H,19-21H2. The quantitative estimate of drug-likeness (QED) is 0.339. The monoisotopic (exact) mass is 492 g/mol. The highest BCUT2D eigenvalue weighted by molar-refractivity contribution is 6.30. The third-order valence-electron chi connectivity index (χ3n) is 7.44. The summed E-state index contributed by atoms with van der Waals surface area (Å²) < 4.78 is 0. The summed E-state index contributed by atoms with van der Waals surface area (Å²) in [4.78, 5) is 31.5. The van der Waals surface area contributed by atoms with Crippen molar-refractivity contribution in [1.82, 2.24) is 9.80 Å². The number of hydrogen-bond acceptors (Lipinski definition) is 2. The molecule has 2 aliphatic heterocycles. The van der Waals surface area contributed by atoms with Crippen LogP contribution in [-0.2, 0) is 10.5 Å². The topological polar surface area (TPSA) is 40.6 Å². The van der Waals surface area contributed by atoms with Crippen LogP contribution < -0.4 is 0 Å². The van der Waals surface area contributed by atoms with Crippen molar-refractivity contribution in [2.75, 3.05) is 13.1 Å². The second-order valence-corrected chi connectivity index (χ2v) is 9.74. The fraction of sp³-hybridized carbons (Fsp3) is 0.161. The van der Waals surface area contributed by atoms with Gasteiger partial charge in [0.05, 0.1) is 0 Å². The van der Waals surface area contributed by atoms with Gasteiger partial charge in [-0.3, -0.25) is 9.59 Å². The Hall–Kier alpha value is -3.89. The molecule has 0 spiro atoms. The Kier molecular flexibility index (Phi) is 5.62. The van der Waals surface area contributed by atoms with Crippen LogP contribution in [0.15, 0.2) is 109 Å². The maximum Gasteiger partial charge on any atom is 0.256 e. The summed E-state index contributed by atoms with van der Waals surface area (Å²) in [6.07, 6.45) is 0.299. The third kappa shape index (κ3) is 3.44. The minimum atomic E-state index is -0.979. The van der Waals surface area contributed by atoms with Crippen molar-refractivity contribution >= 4 is 23.4 Å². The van der Waals surface area contributed by atoms with E-state index in [1.54, 1.807) is 0 Å². The molecule has 2 heterocycles. The molecule has 1 unspecified atom stereocenters. The number of rotatable bonds is 5. The highest BCUT2D eigenvalue weighted by Crippen LogP contribution is 2.50. The second kappa shape index (κ2) is 8.96. The van der Waals surface area contributed by atoms with Crippen molar-refractivity contribution in [3.8, 4) is 0 Å². The summed E-state index contributed by atoms with van der Waals surface area (Å²) in [7, 11) is 0. The summed E-state index contributed by atoms with van der Waals surface area (Å²) in [6, 6.07) is 35.5. The molecular formula is C31H25ClN2O2. The van der Waals surface area contributed by atoms with Crippen LogP contribution in [0.5, 0.6) is 0 Å². The molecule has 0 aliphatic carbocycles. The number of fused-ring (bicyclic) bond motifs is 3. The molecule has 6 rings (SSSR count). The van der Waals surface area contributed by atoms with Crippen LogP contribution in [0.1, 0.15) is 45.0 Å². The van der Waals surface area contributed by atoms with Gasteiger partial charge < -0.3 is 9.80 Å². The molecule has 2 amide bonds. The maximum atomic E-state index is 14.3. The minimum Gasteiger partial charge on any atom is -0.310 e. The summed E-state index contributed by atoms with van der Waals surface area (Å²) >= 11 is 6.23. The molecule has 4 aromatic carbocycles. The largest absolute Gasteiger partial charge is 0.310 e. The molecular weight excluding hydrogens is 468 g/mol. The molecule has 2 aliphatic rings. The minimum absolute atomic E-state index is 0.00894. The zero-order chi connectivity index (χ0) is 24.7. The smallest absolute Gasteiger partial charge is 0.256 e. The van der Waals surface area contributed by atoms with Gasteiger partial charge in [0.2, 0.25) is 5.91 Å². The van der Waals surface area contributed by atoms with Gasteiger partial charge in [0.15, 0.2) is 5.66 Å². The van der Waals surface area contributed by atoms with Crippen molar-refractivity contribution in [3.63, 3.8) is 0 Å². The average Bonchev–Trinajstić information content (AvgIpc) is 3.44.